The summed E-state index contributed by atoms with van der Waals surface area (Å²) in [6.45, 7) is 1.93. The molecule has 3 rings (SSSR count). The summed E-state index contributed by atoms with van der Waals surface area (Å²) in [5, 5.41) is 14.0. The average molecular weight is 331 g/mol. The van der Waals surface area contributed by atoms with Crippen LogP contribution in [0.4, 0.5) is 10.3 Å². The quantitative estimate of drug-likeness (QED) is 0.728. The summed E-state index contributed by atoms with van der Waals surface area (Å²) >= 11 is 1.01. The number of hydrogen-bond acceptors (Lipinski definition) is 7. The van der Waals surface area contributed by atoms with Gasteiger partial charge >= 0.3 is 0 Å². The van der Waals surface area contributed by atoms with Gasteiger partial charge in [0.25, 0.3) is 0 Å². The van der Waals surface area contributed by atoms with Crippen molar-refractivity contribution < 1.29 is 13.2 Å². The third-order valence-corrected chi connectivity index (χ3v) is 5.48. The molecule has 1 aliphatic heterocycles. The van der Waals surface area contributed by atoms with Crippen LogP contribution >= 0.6 is 11.3 Å². The number of carbonyl (C=O) groups is 1. The van der Waals surface area contributed by atoms with E-state index in [0.29, 0.717) is 5.13 Å². The van der Waals surface area contributed by atoms with Crippen LogP contribution < -0.4 is 15.4 Å². The minimum Gasteiger partial charge on any atom is -0.317 e. The van der Waals surface area contributed by atoms with Crippen LogP contribution in [0, 0.1) is 11.3 Å². The second-order valence-corrected chi connectivity index (χ2v) is 8.37. The standard InChI is InChI=1S/C11H17N5O3S2/c1-21(18,19)16-10-15-14-9(20-10)13-8(17)7-6-11(7)2-4-12-5-3-11/h7,12H,2-6H2,1H3,(H,15,16)(H,13,14,17). The van der Waals surface area contributed by atoms with Gasteiger partial charge in [-0.1, -0.05) is 11.3 Å². The van der Waals surface area contributed by atoms with Gasteiger partial charge in [-0.05, 0) is 37.8 Å². The fourth-order valence-corrected chi connectivity index (χ4v) is 4.34. The van der Waals surface area contributed by atoms with Crippen LogP contribution in [0.5, 0.6) is 0 Å². The van der Waals surface area contributed by atoms with Crippen molar-refractivity contribution in [2.75, 3.05) is 29.4 Å². The molecular weight excluding hydrogens is 314 g/mol. The van der Waals surface area contributed by atoms with Crippen LogP contribution in [0.1, 0.15) is 19.3 Å². The van der Waals surface area contributed by atoms with Crippen molar-refractivity contribution in [3.63, 3.8) is 0 Å². The van der Waals surface area contributed by atoms with E-state index in [-0.39, 0.29) is 22.4 Å². The Morgan fingerprint density at radius 2 is 2.00 bits per heavy atom. The highest BCUT2D eigenvalue weighted by molar-refractivity contribution is 7.92. The molecule has 8 nitrogen and oxygen atoms in total. The summed E-state index contributed by atoms with van der Waals surface area (Å²) in [5.74, 6) is -0.00577. The molecule has 0 aromatic carbocycles. The molecule has 2 heterocycles. The van der Waals surface area contributed by atoms with E-state index >= 15 is 0 Å². The van der Waals surface area contributed by atoms with Crippen molar-refractivity contribution in [1.82, 2.24) is 15.5 Å². The van der Waals surface area contributed by atoms with Crippen LogP contribution in [-0.2, 0) is 14.8 Å². The second kappa shape index (κ2) is 5.18. The number of nitrogens with zero attached hydrogens (tertiary/aromatic N) is 2. The molecule has 2 fully saturated rings. The lowest BCUT2D eigenvalue weighted by atomic mass is 9.92. The predicted molar refractivity (Wildman–Crippen MR) is 79.6 cm³/mol. The Morgan fingerprint density at radius 1 is 1.33 bits per heavy atom. The van der Waals surface area contributed by atoms with E-state index < -0.39 is 10.0 Å². The van der Waals surface area contributed by atoms with E-state index in [2.05, 4.69) is 25.6 Å². The van der Waals surface area contributed by atoms with Gasteiger partial charge in [0, 0.05) is 5.92 Å². The molecule has 1 saturated heterocycles. The molecular formula is C11H17N5O3S2. The van der Waals surface area contributed by atoms with Gasteiger partial charge in [-0.15, -0.1) is 10.2 Å². The Hall–Kier alpha value is -1.26. The number of rotatable bonds is 4. The lowest BCUT2D eigenvalue weighted by Crippen LogP contribution is -2.31. The zero-order valence-corrected chi connectivity index (χ0v) is 13.2. The maximum atomic E-state index is 12.2. The summed E-state index contributed by atoms with van der Waals surface area (Å²) < 4.78 is 24.4. The van der Waals surface area contributed by atoms with Crippen molar-refractivity contribution in [2.24, 2.45) is 11.3 Å². The summed E-state index contributed by atoms with van der Waals surface area (Å²) in [6, 6.07) is 0. The van der Waals surface area contributed by atoms with E-state index in [1.165, 1.54) is 0 Å². The first-order chi connectivity index (χ1) is 9.88. The Balaban J connectivity index is 1.59. The molecule has 3 N–H and O–H groups in total. The summed E-state index contributed by atoms with van der Waals surface area (Å²) in [4.78, 5) is 12.2. The molecule has 1 aliphatic carbocycles. The molecule has 1 unspecified atom stereocenters. The molecule has 0 radical (unpaired) electrons. The number of nitrogens with one attached hydrogen (secondary N) is 3. The molecule has 1 atom stereocenters. The van der Waals surface area contributed by atoms with Gasteiger partial charge in [0.05, 0.1) is 6.26 Å². The predicted octanol–water partition coefficient (Wildman–Crippen LogP) is 0.238. The third kappa shape index (κ3) is 3.33. The first kappa shape index (κ1) is 14.7. The normalized spacial score (nSPS) is 23.8. The van der Waals surface area contributed by atoms with E-state index in [1.807, 2.05) is 0 Å². The van der Waals surface area contributed by atoms with Gasteiger partial charge in [0.15, 0.2) is 0 Å². The summed E-state index contributed by atoms with van der Waals surface area (Å²) in [7, 11) is -3.38. The van der Waals surface area contributed by atoms with Gasteiger partial charge in [-0.25, -0.2) is 8.42 Å². The minimum absolute atomic E-state index is 0.0369. The topological polar surface area (TPSA) is 113 Å². The fourth-order valence-electron chi connectivity index (χ4n) is 2.86. The van der Waals surface area contributed by atoms with Crippen molar-refractivity contribution in [3.8, 4) is 0 Å². The molecule has 1 amide bonds. The zero-order valence-electron chi connectivity index (χ0n) is 11.5. The lowest BCUT2D eigenvalue weighted by molar-refractivity contribution is -0.118. The molecule has 1 aromatic heterocycles. The Kier molecular flexibility index (Phi) is 3.62. The molecule has 116 valence electrons. The summed E-state index contributed by atoms with van der Waals surface area (Å²) in [6.07, 6.45) is 4.02. The van der Waals surface area contributed by atoms with E-state index in [1.54, 1.807) is 0 Å². The monoisotopic (exact) mass is 331 g/mol. The summed E-state index contributed by atoms with van der Waals surface area (Å²) in [5.41, 5.74) is 0.161. The number of piperidine rings is 1. The highest BCUT2D eigenvalue weighted by Gasteiger charge is 2.57. The van der Waals surface area contributed by atoms with Gasteiger partial charge < -0.3 is 10.6 Å². The van der Waals surface area contributed by atoms with Crippen LogP contribution in [0.25, 0.3) is 0 Å². The van der Waals surface area contributed by atoms with E-state index in [9.17, 15) is 13.2 Å². The van der Waals surface area contributed by atoms with Gasteiger partial charge in [-0.3, -0.25) is 9.52 Å². The molecule has 1 saturated carbocycles. The third-order valence-electron chi connectivity index (χ3n) is 4.03. The lowest BCUT2D eigenvalue weighted by Gasteiger charge is -2.22. The molecule has 2 aliphatic rings. The number of sulfonamides is 1. The Morgan fingerprint density at radius 3 is 2.67 bits per heavy atom. The maximum Gasteiger partial charge on any atom is 0.231 e. The SMILES string of the molecule is CS(=O)(=O)Nc1nnc(NC(=O)C2CC23CCNCC3)s1. The molecule has 1 aromatic rings. The smallest absolute Gasteiger partial charge is 0.231 e. The number of anilines is 2. The van der Waals surface area contributed by atoms with Crippen LogP contribution in [0.2, 0.25) is 0 Å². The Bertz CT molecular complexity index is 651. The molecule has 0 bridgehead atoms. The highest BCUT2D eigenvalue weighted by Crippen LogP contribution is 2.58. The van der Waals surface area contributed by atoms with E-state index in [0.717, 1.165) is 49.9 Å². The number of carbonyl (C=O) groups excluding carboxylic acids is 1. The van der Waals surface area contributed by atoms with Gasteiger partial charge in [0.2, 0.25) is 26.2 Å². The second-order valence-electron chi connectivity index (χ2n) is 5.64. The fraction of sp³-hybridized carbons (Fsp3) is 0.727. The first-order valence-electron chi connectivity index (χ1n) is 6.71. The van der Waals surface area contributed by atoms with Crippen molar-refractivity contribution in [3.05, 3.63) is 0 Å². The average Bonchev–Trinajstić information content (AvgIpc) is 2.90. The van der Waals surface area contributed by atoms with Crippen molar-refractivity contribution in [2.45, 2.75) is 19.3 Å². The van der Waals surface area contributed by atoms with Crippen LogP contribution in [0.3, 0.4) is 0 Å². The Labute approximate surface area is 126 Å². The maximum absolute atomic E-state index is 12.2. The highest BCUT2D eigenvalue weighted by atomic mass is 32.2. The van der Waals surface area contributed by atoms with Crippen LogP contribution in [-0.4, -0.2) is 43.9 Å². The van der Waals surface area contributed by atoms with Crippen molar-refractivity contribution >= 4 is 37.5 Å². The molecule has 10 heteroatoms. The first-order valence-corrected chi connectivity index (χ1v) is 9.42. The van der Waals surface area contributed by atoms with E-state index in [4.69, 9.17) is 0 Å². The van der Waals surface area contributed by atoms with Gasteiger partial charge in [0.1, 0.15) is 0 Å². The van der Waals surface area contributed by atoms with Crippen molar-refractivity contribution in [1.29, 1.82) is 0 Å². The largest absolute Gasteiger partial charge is 0.317 e. The zero-order chi connectivity index (χ0) is 15.1. The minimum atomic E-state index is -3.38. The molecule has 21 heavy (non-hydrogen) atoms. The van der Waals surface area contributed by atoms with Crippen LogP contribution in [0.15, 0.2) is 0 Å². The van der Waals surface area contributed by atoms with Gasteiger partial charge in [-0.2, -0.15) is 0 Å². The number of amides is 1. The molecule has 1 spiro atoms. The number of aromatic nitrogens is 2. The number of hydrogen-bond donors (Lipinski definition) is 3.